The number of fused-ring (bicyclic) bond motifs is 1. The van der Waals surface area contributed by atoms with Gasteiger partial charge in [0.2, 0.25) is 0 Å². The second-order valence-corrected chi connectivity index (χ2v) is 2.64. The van der Waals surface area contributed by atoms with Gasteiger partial charge in [0.15, 0.2) is 6.29 Å². The lowest BCUT2D eigenvalue weighted by molar-refractivity contribution is 0.481. The molecule has 0 aliphatic carbocycles. The SMILES string of the molecule is NC1N=CC2=CN=CCC2N1. The van der Waals surface area contributed by atoms with Gasteiger partial charge in [-0.15, -0.1) is 0 Å². The topological polar surface area (TPSA) is 62.8 Å². The van der Waals surface area contributed by atoms with Crippen LogP contribution in [0.4, 0.5) is 0 Å². The fourth-order valence-corrected chi connectivity index (χ4v) is 1.23. The summed E-state index contributed by atoms with van der Waals surface area (Å²) in [6, 6.07) is 0.319. The second-order valence-electron chi connectivity index (χ2n) is 2.64. The summed E-state index contributed by atoms with van der Waals surface area (Å²) in [6.45, 7) is 0. The summed E-state index contributed by atoms with van der Waals surface area (Å²) in [5.41, 5.74) is 6.68. The van der Waals surface area contributed by atoms with E-state index >= 15 is 0 Å². The lowest BCUT2D eigenvalue weighted by Gasteiger charge is -2.25. The molecule has 2 unspecified atom stereocenters. The molecule has 0 aromatic rings. The third-order valence-electron chi connectivity index (χ3n) is 1.83. The minimum Gasteiger partial charge on any atom is -0.297 e. The summed E-state index contributed by atoms with van der Waals surface area (Å²) in [7, 11) is 0. The van der Waals surface area contributed by atoms with Crippen molar-refractivity contribution in [2.45, 2.75) is 18.8 Å². The first-order valence-corrected chi connectivity index (χ1v) is 3.63. The van der Waals surface area contributed by atoms with Crippen molar-refractivity contribution in [3.05, 3.63) is 11.8 Å². The minimum absolute atomic E-state index is 0.247. The van der Waals surface area contributed by atoms with Crippen molar-refractivity contribution in [3.63, 3.8) is 0 Å². The number of aliphatic imine (C=N–C) groups is 2. The monoisotopic (exact) mass is 150 g/mol. The molecule has 0 aromatic carbocycles. The molecular formula is C7H10N4. The van der Waals surface area contributed by atoms with E-state index in [-0.39, 0.29) is 6.29 Å². The average molecular weight is 150 g/mol. The zero-order valence-electron chi connectivity index (χ0n) is 6.07. The van der Waals surface area contributed by atoms with Gasteiger partial charge in [0.25, 0.3) is 0 Å². The Morgan fingerprint density at radius 1 is 1.64 bits per heavy atom. The first kappa shape index (κ1) is 6.69. The predicted octanol–water partition coefficient (Wildman–Crippen LogP) is -0.370. The molecule has 0 fully saturated rings. The summed E-state index contributed by atoms with van der Waals surface area (Å²) >= 11 is 0. The quantitative estimate of drug-likeness (QED) is 0.495. The van der Waals surface area contributed by atoms with Crippen molar-refractivity contribution in [1.82, 2.24) is 5.32 Å². The summed E-state index contributed by atoms with van der Waals surface area (Å²) in [4.78, 5) is 8.04. The van der Waals surface area contributed by atoms with Crippen LogP contribution in [0.2, 0.25) is 0 Å². The molecule has 0 radical (unpaired) electrons. The molecule has 2 aliphatic heterocycles. The number of hydrogen-bond donors (Lipinski definition) is 2. The van der Waals surface area contributed by atoms with Gasteiger partial charge in [-0.25, -0.2) is 0 Å². The van der Waals surface area contributed by atoms with E-state index in [0.29, 0.717) is 6.04 Å². The average Bonchev–Trinajstić information content (AvgIpc) is 2.04. The summed E-state index contributed by atoms with van der Waals surface area (Å²) < 4.78 is 0. The van der Waals surface area contributed by atoms with Gasteiger partial charge in [-0.1, -0.05) is 0 Å². The minimum atomic E-state index is -0.247. The van der Waals surface area contributed by atoms with Gasteiger partial charge in [-0.05, 0) is 0 Å². The van der Waals surface area contributed by atoms with Crippen molar-refractivity contribution >= 4 is 12.4 Å². The normalized spacial score (nSPS) is 34.8. The molecule has 0 saturated heterocycles. The molecule has 58 valence electrons. The van der Waals surface area contributed by atoms with E-state index in [4.69, 9.17) is 5.73 Å². The van der Waals surface area contributed by atoms with Crippen LogP contribution < -0.4 is 11.1 Å². The maximum absolute atomic E-state index is 5.56. The largest absolute Gasteiger partial charge is 0.297 e. The van der Waals surface area contributed by atoms with Gasteiger partial charge in [-0.3, -0.25) is 21.0 Å². The van der Waals surface area contributed by atoms with Crippen LogP contribution in [0.3, 0.4) is 0 Å². The number of nitrogens with one attached hydrogen (secondary N) is 1. The van der Waals surface area contributed by atoms with E-state index in [0.717, 1.165) is 12.0 Å². The Morgan fingerprint density at radius 2 is 2.55 bits per heavy atom. The van der Waals surface area contributed by atoms with E-state index in [2.05, 4.69) is 15.3 Å². The molecule has 4 heteroatoms. The van der Waals surface area contributed by atoms with Gasteiger partial charge in [-0.2, -0.15) is 0 Å². The van der Waals surface area contributed by atoms with Crippen LogP contribution in [0, 0.1) is 0 Å². The smallest absolute Gasteiger partial charge is 0.151 e. The van der Waals surface area contributed by atoms with Gasteiger partial charge in [0.1, 0.15) is 0 Å². The third kappa shape index (κ3) is 1.22. The predicted molar refractivity (Wildman–Crippen MR) is 44.6 cm³/mol. The lowest BCUT2D eigenvalue weighted by Crippen LogP contribution is -2.47. The Bertz CT molecular complexity index is 241. The molecule has 0 amide bonds. The van der Waals surface area contributed by atoms with Crippen LogP contribution in [0.15, 0.2) is 21.8 Å². The maximum Gasteiger partial charge on any atom is 0.151 e. The fourth-order valence-electron chi connectivity index (χ4n) is 1.23. The first-order valence-electron chi connectivity index (χ1n) is 3.63. The van der Waals surface area contributed by atoms with Gasteiger partial charge < -0.3 is 0 Å². The highest BCUT2D eigenvalue weighted by Crippen LogP contribution is 2.11. The maximum atomic E-state index is 5.56. The van der Waals surface area contributed by atoms with Crippen molar-refractivity contribution in [2.75, 3.05) is 0 Å². The molecule has 0 spiro atoms. The Kier molecular flexibility index (Phi) is 1.56. The first-order chi connectivity index (χ1) is 5.36. The number of nitrogens with two attached hydrogens (primary N) is 1. The molecule has 11 heavy (non-hydrogen) atoms. The Balaban J connectivity index is 2.24. The highest BCUT2D eigenvalue weighted by atomic mass is 15.2. The number of rotatable bonds is 0. The molecule has 2 heterocycles. The molecule has 4 nitrogen and oxygen atoms in total. The van der Waals surface area contributed by atoms with E-state index in [1.807, 2.05) is 12.4 Å². The van der Waals surface area contributed by atoms with Crippen LogP contribution in [-0.4, -0.2) is 24.8 Å². The number of hydrogen-bond acceptors (Lipinski definition) is 4. The summed E-state index contributed by atoms with van der Waals surface area (Å²) in [5.74, 6) is 0. The van der Waals surface area contributed by atoms with Crippen molar-refractivity contribution in [1.29, 1.82) is 0 Å². The van der Waals surface area contributed by atoms with Crippen LogP contribution in [-0.2, 0) is 0 Å². The Morgan fingerprint density at radius 3 is 3.45 bits per heavy atom. The Hall–Kier alpha value is -1.00. The number of nitrogens with zero attached hydrogens (tertiary/aromatic N) is 2. The van der Waals surface area contributed by atoms with Crippen LogP contribution >= 0.6 is 0 Å². The second kappa shape index (κ2) is 2.56. The van der Waals surface area contributed by atoms with Crippen molar-refractivity contribution < 1.29 is 0 Å². The van der Waals surface area contributed by atoms with Crippen LogP contribution in [0.25, 0.3) is 0 Å². The fraction of sp³-hybridized carbons (Fsp3) is 0.429. The standard InChI is InChI=1S/C7H10N4/c8-7-10-4-5-3-9-2-1-6(5)11-7/h2-4,6-7,11H,1,8H2. The van der Waals surface area contributed by atoms with Crippen LogP contribution in [0.5, 0.6) is 0 Å². The van der Waals surface area contributed by atoms with E-state index in [1.165, 1.54) is 0 Å². The molecule has 0 saturated carbocycles. The van der Waals surface area contributed by atoms with Gasteiger partial charge in [0, 0.05) is 36.7 Å². The zero-order chi connectivity index (χ0) is 7.68. The van der Waals surface area contributed by atoms with E-state index < -0.39 is 0 Å². The lowest BCUT2D eigenvalue weighted by atomic mass is 10.0. The highest BCUT2D eigenvalue weighted by Gasteiger charge is 2.19. The molecule has 2 aliphatic rings. The van der Waals surface area contributed by atoms with E-state index in [1.54, 1.807) is 6.21 Å². The molecular weight excluding hydrogens is 140 g/mol. The van der Waals surface area contributed by atoms with Gasteiger partial charge >= 0.3 is 0 Å². The van der Waals surface area contributed by atoms with Gasteiger partial charge in [0.05, 0.1) is 0 Å². The summed E-state index contributed by atoms with van der Waals surface area (Å²) in [5, 5.41) is 3.14. The molecule has 2 atom stereocenters. The molecule has 0 aromatic heterocycles. The van der Waals surface area contributed by atoms with E-state index in [9.17, 15) is 0 Å². The van der Waals surface area contributed by atoms with Crippen LogP contribution in [0.1, 0.15) is 6.42 Å². The van der Waals surface area contributed by atoms with Crippen molar-refractivity contribution in [3.8, 4) is 0 Å². The molecule has 2 rings (SSSR count). The molecule has 0 bridgehead atoms. The third-order valence-corrected chi connectivity index (χ3v) is 1.83. The Labute approximate surface area is 64.9 Å². The molecule has 3 N–H and O–H groups in total. The summed E-state index contributed by atoms with van der Waals surface area (Å²) in [6.07, 6.45) is 6.15. The highest BCUT2D eigenvalue weighted by molar-refractivity contribution is 5.84. The zero-order valence-corrected chi connectivity index (χ0v) is 6.07. The van der Waals surface area contributed by atoms with Crippen molar-refractivity contribution in [2.24, 2.45) is 15.7 Å².